The molecule has 8 heteroatoms. The number of benzene rings is 2. The molecule has 1 heterocycles. The summed E-state index contributed by atoms with van der Waals surface area (Å²) in [7, 11) is 1.49. The number of nitrogens with zero attached hydrogens (tertiary/aromatic N) is 1. The van der Waals surface area contributed by atoms with Gasteiger partial charge in [-0.1, -0.05) is 18.9 Å². The highest BCUT2D eigenvalue weighted by molar-refractivity contribution is 6.05. The van der Waals surface area contributed by atoms with Gasteiger partial charge in [-0.2, -0.15) is 0 Å². The minimum absolute atomic E-state index is 0.0906. The molecule has 0 aromatic heterocycles. The second kappa shape index (κ2) is 9.34. The molecule has 2 aromatic carbocycles. The second-order valence-electron chi connectivity index (χ2n) is 7.76. The fraction of sp³-hybridized carbons (Fsp3) is 0.391. The van der Waals surface area contributed by atoms with Gasteiger partial charge in [0.1, 0.15) is 11.6 Å². The number of anilines is 2. The van der Waals surface area contributed by atoms with Crippen molar-refractivity contribution in [2.45, 2.75) is 37.8 Å². The van der Waals surface area contributed by atoms with Crippen molar-refractivity contribution in [3.63, 3.8) is 0 Å². The standard InChI is InChI=1S/C23H26FN3O4/c1-30-20-10-9-17(14-18(20)26-22(28)15-5-4-6-16(24)13-15)25-23(29)27-11-12-31-21-8-3-2-7-19(21)27/h4-6,9-10,13-14,19,21H,2-3,7-8,11-12H2,1H3,(H,25,29)(H,26,28)/t19-,21-/m0/s1. The lowest BCUT2D eigenvalue weighted by Crippen LogP contribution is -2.55. The average molecular weight is 427 g/mol. The molecule has 4 rings (SSSR count). The number of urea groups is 1. The first-order chi connectivity index (χ1) is 15.0. The fourth-order valence-electron chi connectivity index (χ4n) is 4.25. The Bertz CT molecular complexity index is 966. The average Bonchev–Trinajstić information content (AvgIpc) is 2.79. The molecule has 3 amide bonds. The molecular weight excluding hydrogens is 401 g/mol. The summed E-state index contributed by atoms with van der Waals surface area (Å²) in [5, 5.41) is 5.65. The highest BCUT2D eigenvalue weighted by Gasteiger charge is 2.36. The molecule has 7 nitrogen and oxygen atoms in total. The van der Waals surface area contributed by atoms with Crippen LogP contribution >= 0.6 is 0 Å². The zero-order chi connectivity index (χ0) is 21.8. The SMILES string of the molecule is COc1ccc(NC(=O)N2CCO[C@H]3CCCC[C@@H]32)cc1NC(=O)c1cccc(F)c1. The van der Waals surface area contributed by atoms with E-state index in [2.05, 4.69) is 10.6 Å². The quantitative estimate of drug-likeness (QED) is 0.764. The molecular formula is C23H26FN3O4. The molecule has 1 aliphatic heterocycles. The molecule has 0 radical (unpaired) electrons. The van der Waals surface area contributed by atoms with Gasteiger partial charge >= 0.3 is 6.03 Å². The minimum atomic E-state index is -0.493. The summed E-state index contributed by atoms with van der Waals surface area (Å²) < 4.78 is 24.6. The Morgan fingerprint density at radius 2 is 1.97 bits per heavy atom. The van der Waals surface area contributed by atoms with E-state index in [1.807, 2.05) is 4.90 Å². The van der Waals surface area contributed by atoms with Gasteiger partial charge in [-0.15, -0.1) is 0 Å². The Morgan fingerprint density at radius 1 is 1.13 bits per heavy atom. The topological polar surface area (TPSA) is 79.9 Å². The first-order valence-corrected chi connectivity index (χ1v) is 10.5. The lowest BCUT2D eigenvalue weighted by atomic mass is 9.90. The van der Waals surface area contributed by atoms with Crippen LogP contribution in [-0.4, -0.2) is 49.2 Å². The van der Waals surface area contributed by atoms with Gasteiger partial charge in [0.2, 0.25) is 0 Å². The van der Waals surface area contributed by atoms with Gasteiger partial charge in [-0.25, -0.2) is 9.18 Å². The van der Waals surface area contributed by atoms with Gasteiger partial charge in [0.15, 0.2) is 0 Å². The number of carbonyl (C=O) groups is 2. The summed E-state index contributed by atoms with van der Waals surface area (Å²) in [5.41, 5.74) is 1.10. The maximum Gasteiger partial charge on any atom is 0.322 e. The highest BCUT2D eigenvalue weighted by Crippen LogP contribution is 2.31. The molecule has 31 heavy (non-hydrogen) atoms. The van der Waals surface area contributed by atoms with Crippen LogP contribution in [0.4, 0.5) is 20.6 Å². The number of morpholine rings is 1. The van der Waals surface area contributed by atoms with Gasteiger partial charge in [-0.05, 0) is 49.2 Å². The van der Waals surface area contributed by atoms with Crippen molar-refractivity contribution < 1.29 is 23.5 Å². The predicted molar refractivity (Wildman–Crippen MR) is 115 cm³/mol. The van der Waals surface area contributed by atoms with E-state index in [4.69, 9.17) is 9.47 Å². The van der Waals surface area contributed by atoms with Crippen LogP contribution in [0.15, 0.2) is 42.5 Å². The maximum absolute atomic E-state index is 13.4. The molecule has 2 aliphatic rings. The van der Waals surface area contributed by atoms with Crippen molar-refractivity contribution in [2.24, 2.45) is 0 Å². The number of amides is 3. The van der Waals surface area contributed by atoms with Crippen LogP contribution in [0.25, 0.3) is 0 Å². The van der Waals surface area contributed by atoms with Crippen molar-refractivity contribution in [1.29, 1.82) is 0 Å². The van der Waals surface area contributed by atoms with E-state index < -0.39 is 11.7 Å². The van der Waals surface area contributed by atoms with Crippen LogP contribution in [-0.2, 0) is 4.74 Å². The Balaban J connectivity index is 1.49. The van der Waals surface area contributed by atoms with Gasteiger partial charge in [0.25, 0.3) is 5.91 Å². The van der Waals surface area contributed by atoms with Crippen LogP contribution < -0.4 is 15.4 Å². The number of fused-ring (bicyclic) bond motifs is 1. The number of methoxy groups -OCH3 is 1. The summed E-state index contributed by atoms with van der Waals surface area (Å²) in [6.07, 6.45) is 4.24. The molecule has 164 valence electrons. The first kappa shape index (κ1) is 21.1. The van der Waals surface area contributed by atoms with E-state index in [9.17, 15) is 14.0 Å². The molecule has 2 fully saturated rings. The van der Waals surface area contributed by atoms with Crippen molar-refractivity contribution in [3.8, 4) is 5.75 Å². The van der Waals surface area contributed by atoms with Gasteiger partial charge in [0.05, 0.1) is 31.5 Å². The Hall–Kier alpha value is -3.13. The van der Waals surface area contributed by atoms with E-state index in [1.54, 1.807) is 18.2 Å². The lowest BCUT2D eigenvalue weighted by molar-refractivity contribution is -0.0694. The summed E-state index contributed by atoms with van der Waals surface area (Å²) in [6.45, 7) is 1.08. The molecule has 1 saturated carbocycles. The molecule has 0 spiro atoms. The van der Waals surface area contributed by atoms with Crippen LogP contribution in [0.5, 0.6) is 5.75 Å². The smallest absolute Gasteiger partial charge is 0.322 e. The Morgan fingerprint density at radius 3 is 2.77 bits per heavy atom. The van der Waals surface area contributed by atoms with Crippen molar-refractivity contribution >= 4 is 23.3 Å². The molecule has 2 aromatic rings. The molecule has 0 unspecified atom stereocenters. The first-order valence-electron chi connectivity index (χ1n) is 10.5. The van der Waals surface area contributed by atoms with Gasteiger partial charge in [0, 0.05) is 17.8 Å². The molecule has 1 saturated heterocycles. The zero-order valence-corrected chi connectivity index (χ0v) is 17.4. The van der Waals surface area contributed by atoms with E-state index in [1.165, 1.54) is 25.3 Å². The van der Waals surface area contributed by atoms with E-state index in [0.717, 1.165) is 31.7 Å². The van der Waals surface area contributed by atoms with Crippen molar-refractivity contribution in [1.82, 2.24) is 4.90 Å². The number of ether oxygens (including phenoxy) is 2. The molecule has 0 bridgehead atoms. The summed E-state index contributed by atoms with van der Waals surface area (Å²) >= 11 is 0. The number of carbonyl (C=O) groups excluding carboxylic acids is 2. The third-order valence-electron chi connectivity index (χ3n) is 5.78. The van der Waals surface area contributed by atoms with Crippen molar-refractivity contribution in [2.75, 3.05) is 30.9 Å². The van der Waals surface area contributed by atoms with Gasteiger partial charge < -0.3 is 25.0 Å². The van der Waals surface area contributed by atoms with Crippen LogP contribution in [0.1, 0.15) is 36.0 Å². The van der Waals surface area contributed by atoms with E-state index >= 15 is 0 Å². The normalized spacial score (nSPS) is 20.5. The van der Waals surface area contributed by atoms with Crippen LogP contribution in [0.3, 0.4) is 0 Å². The third-order valence-corrected chi connectivity index (χ3v) is 5.78. The van der Waals surface area contributed by atoms with Gasteiger partial charge in [-0.3, -0.25) is 4.79 Å². The molecule has 2 N–H and O–H groups in total. The Kier molecular flexibility index (Phi) is 6.36. The predicted octanol–water partition coefficient (Wildman–Crippen LogP) is 4.26. The maximum atomic E-state index is 13.4. The monoisotopic (exact) mass is 427 g/mol. The second-order valence-corrected chi connectivity index (χ2v) is 7.76. The largest absolute Gasteiger partial charge is 0.495 e. The minimum Gasteiger partial charge on any atom is -0.495 e. The van der Waals surface area contributed by atoms with E-state index in [0.29, 0.717) is 30.3 Å². The number of rotatable bonds is 4. The highest BCUT2D eigenvalue weighted by atomic mass is 19.1. The summed E-state index contributed by atoms with van der Waals surface area (Å²) in [6, 6.07) is 10.3. The zero-order valence-electron chi connectivity index (χ0n) is 17.4. The number of halogens is 1. The number of hydrogen-bond acceptors (Lipinski definition) is 4. The van der Waals surface area contributed by atoms with Crippen LogP contribution in [0, 0.1) is 5.82 Å². The van der Waals surface area contributed by atoms with E-state index in [-0.39, 0.29) is 23.7 Å². The lowest BCUT2D eigenvalue weighted by Gasteiger charge is -2.43. The fourth-order valence-corrected chi connectivity index (χ4v) is 4.25. The van der Waals surface area contributed by atoms with Crippen molar-refractivity contribution in [3.05, 3.63) is 53.8 Å². The summed E-state index contributed by atoms with van der Waals surface area (Å²) in [5.74, 6) is -0.534. The third kappa shape index (κ3) is 4.80. The number of nitrogens with one attached hydrogen (secondary N) is 2. The molecule has 2 atom stereocenters. The number of hydrogen-bond donors (Lipinski definition) is 2. The Labute approximate surface area is 180 Å². The molecule has 1 aliphatic carbocycles. The van der Waals surface area contributed by atoms with Crippen LogP contribution in [0.2, 0.25) is 0 Å². The summed E-state index contributed by atoms with van der Waals surface area (Å²) in [4.78, 5) is 27.3.